The molecule has 2 aromatic carbocycles. The molecule has 0 aromatic heterocycles. The van der Waals surface area contributed by atoms with Crippen LogP contribution in [0.2, 0.25) is 0 Å². The molecule has 2 aromatic rings. The molecule has 0 saturated heterocycles. The van der Waals surface area contributed by atoms with Crippen LogP contribution in [-0.4, -0.2) is 19.1 Å². The lowest BCUT2D eigenvalue weighted by atomic mass is 9.95. The van der Waals surface area contributed by atoms with E-state index >= 15 is 0 Å². The summed E-state index contributed by atoms with van der Waals surface area (Å²) in [7, 11) is 0. The minimum Gasteiger partial charge on any atom is -0.490 e. The summed E-state index contributed by atoms with van der Waals surface area (Å²) in [5.74, 6) is 0.131. The number of halogens is 1. The van der Waals surface area contributed by atoms with E-state index in [-0.39, 0.29) is 11.7 Å². The highest BCUT2D eigenvalue weighted by Crippen LogP contribution is 2.37. The van der Waals surface area contributed by atoms with Gasteiger partial charge < -0.3 is 10.1 Å². The summed E-state index contributed by atoms with van der Waals surface area (Å²) in [4.78, 5) is 10.9. The van der Waals surface area contributed by atoms with Gasteiger partial charge in [-0.3, -0.25) is 4.79 Å². The van der Waals surface area contributed by atoms with Crippen molar-refractivity contribution in [3.8, 4) is 5.75 Å². The van der Waals surface area contributed by atoms with Crippen LogP contribution < -0.4 is 10.1 Å². The minimum atomic E-state index is -0.273. The molecule has 0 radical (unpaired) electrons. The number of carbonyl (C=O) groups is 1. The molecule has 1 aliphatic heterocycles. The first-order chi connectivity index (χ1) is 10.2. The monoisotopic (exact) mass is 287 g/mol. The maximum absolute atomic E-state index is 14.0. The van der Waals surface area contributed by atoms with Gasteiger partial charge in [0.25, 0.3) is 0 Å². The van der Waals surface area contributed by atoms with E-state index in [2.05, 4.69) is 11.4 Å². The normalized spacial score (nSPS) is 13.0. The van der Waals surface area contributed by atoms with Crippen molar-refractivity contribution < 1.29 is 13.9 Å². The summed E-state index contributed by atoms with van der Waals surface area (Å²) in [6.07, 6.45) is 2.48. The van der Waals surface area contributed by atoms with Crippen LogP contribution in [-0.2, 0) is 17.6 Å². The SMILES string of the molecule is CC(=O)NCCCc1cccc2cc(F)c3c(c12)CCO3. The van der Waals surface area contributed by atoms with E-state index in [1.165, 1.54) is 12.5 Å². The van der Waals surface area contributed by atoms with E-state index in [0.29, 0.717) is 18.9 Å². The number of fused-ring (bicyclic) bond motifs is 3. The Hall–Kier alpha value is -2.10. The Labute approximate surface area is 123 Å². The van der Waals surface area contributed by atoms with Crippen LogP contribution in [0.4, 0.5) is 4.39 Å². The van der Waals surface area contributed by atoms with Crippen molar-refractivity contribution in [1.29, 1.82) is 0 Å². The Bertz CT molecular complexity index is 697. The summed E-state index contributed by atoms with van der Waals surface area (Å²) in [5.41, 5.74) is 2.18. The third-order valence-electron chi connectivity index (χ3n) is 3.85. The Morgan fingerprint density at radius 3 is 3.10 bits per heavy atom. The zero-order chi connectivity index (χ0) is 14.8. The fourth-order valence-corrected chi connectivity index (χ4v) is 2.97. The molecule has 0 fully saturated rings. The molecular weight excluding hydrogens is 269 g/mol. The van der Waals surface area contributed by atoms with E-state index in [4.69, 9.17) is 4.74 Å². The summed E-state index contributed by atoms with van der Waals surface area (Å²) >= 11 is 0. The molecule has 1 heterocycles. The third kappa shape index (κ3) is 2.71. The number of hydrogen-bond acceptors (Lipinski definition) is 2. The second-order valence-electron chi connectivity index (χ2n) is 5.37. The van der Waals surface area contributed by atoms with Gasteiger partial charge in [-0.15, -0.1) is 0 Å². The predicted molar refractivity (Wildman–Crippen MR) is 80.1 cm³/mol. The smallest absolute Gasteiger partial charge is 0.216 e. The average Bonchev–Trinajstić information content (AvgIpc) is 2.93. The summed E-state index contributed by atoms with van der Waals surface area (Å²) < 4.78 is 19.4. The van der Waals surface area contributed by atoms with Gasteiger partial charge in [0.1, 0.15) is 0 Å². The molecule has 0 bridgehead atoms. The minimum absolute atomic E-state index is 0.00992. The standard InChI is InChI=1S/C17H18FNO2/c1-11(20)19-8-3-6-12-4-2-5-13-10-15(18)17-14(16(12)13)7-9-21-17/h2,4-5,10H,3,6-9H2,1H3,(H,19,20). The average molecular weight is 287 g/mol. The maximum Gasteiger partial charge on any atom is 0.216 e. The molecule has 3 nitrogen and oxygen atoms in total. The Kier molecular flexibility index (Phi) is 3.78. The van der Waals surface area contributed by atoms with Gasteiger partial charge in [0.15, 0.2) is 11.6 Å². The van der Waals surface area contributed by atoms with Gasteiger partial charge in [0.05, 0.1) is 6.61 Å². The molecule has 1 amide bonds. The largest absolute Gasteiger partial charge is 0.490 e. The first-order valence-electron chi connectivity index (χ1n) is 7.27. The molecule has 4 heteroatoms. The molecule has 0 aliphatic carbocycles. The lowest BCUT2D eigenvalue weighted by Crippen LogP contribution is -2.21. The fourth-order valence-electron chi connectivity index (χ4n) is 2.97. The molecule has 0 saturated carbocycles. The van der Waals surface area contributed by atoms with Crippen LogP contribution in [0.25, 0.3) is 10.8 Å². The van der Waals surface area contributed by atoms with E-state index in [1.54, 1.807) is 6.07 Å². The number of carbonyl (C=O) groups excluding carboxylic acids is 1. The second kappa shape index (κ2) is 5.72. The number of amides is 1. The van der Waals surface area contributed by atoms with Crippen molar-refractivity contribution in [3.05, 3.63) is 41.2 Å². The van der Waals surface area contributed by atoms with Gasteiger partial charge in [-0.25, -0.2) is 4.39 Å². The van der Waals surface area contributed by atoms with E-state index in [9.17, 15) is 9.18 Å². The molecule has 0 unspecified atom stereocenters. The molecule has 0 spiro atoms. The highest BCUT2D eigenvalue weighted by Gasteiger charge is 2.21. The maximum atomic E-state index is 14.0. The van der Waals surface area contributed by atoms with Crippen LogP contribution in [0.15, 0.2) is 24.3 Å². The topological polar surface area (TPSA) is 38.3 Å². The molecule has 1 aliphatic rings. The number of ether oxygens (including phenoxy) is 1. The lowest BCUT2D eigenvalue weighted by molar-refractivity contribution is -0.118. The molecule has 0 atom stereocenters. The van der Waals surface area contributed by atoms with Gasteiger partial charge in [0.2, 0.25) is 5.91 Å². The van der Waals surface area contributed by atoms with Crippen LogP contribution in [0.3, 0.4) is 0 Å². The van der Waals surface area contributed by atoms with Gasteiger partial charge in [-0.2, -0.15) is 0 Å². The highest BCUT2D eigenvalue weighted by atomic mass is 19.1. The molecular formula is C17H18FNO2. The van der Waals surface area contributed by atoms with Gasteiger partial charge in [0, 0.05) is 25.5 Å². The van der Waals surface area contributed by atoms with Crippen molar-refractivity contribution in [1.82, 2.24) is 5.32 Å². The number of nitrogens with one attached hydrogen (secondary N) is 1. The van der Waals surface area contributed by atoms with E-state index in [0.717, 1.165) is 35.6 Å². The zero-order valence-corrected chi connectivity index (χ0v) is 12.0. The molecule has 110 valence electrons. The van der Waals surface area contributed by atoms with Crippen LogP contribution >= 0.6 is 0 Å². The van der Waals surface area contributed by atoms with Gasteiger partial charge in [-0.05, 0) is 35.2 Å². The summed E-state index contributed by atoms with van der Waals surface area (Å²) in [6, 6.07) is 7.52. The summed E-state index contributed by atoms with van der Waals surface area (Å²) in [6.45, 7) is 2.72. The summed E-state index contributed by atoms with van der Waals surface area (Å²) in [5, 5.41) is 4.85. The van der Waals surface area contributed by atoms with Crippen molar-refractivity contribution in [2.75, 3.05) is 13.2 Å². The van der Waals surface area contributed by atoms with Crippen molar-refractivity contribution in [2.24, 2.45) is 0 Å². The highest BCUT2D eigenvalue weighted by molar-refractivity contribution is 5.91. The van der Waals surface area contributed by atoms with Gasteiger partial charge in [-0.1, -0.05) is 18.2 Å². The zero-order valence-electron chi connectivity index (χ0n) is 12.0. The Morgan fingerprint density at radius 2 is 2.29 bits per heavy atom. The first kappa shape index (κ1) is 13.9. The molecule has 21 heavy (non-hydrogen) atoms. The number of hydrogen-bond donors (Lipinski definition) is 1. The number of benzene rings is 2. The van der Waals surface area contributed by atoms with Crippen molar-refractivity contribution in [2.45, 2.75) is 26.2 Å². The predicted octanol–water partition coefficient (Wildman–Crippen LogP) is 2.98. The quantitative estimate of drug-likeness (QED) is 0.878. The fraction of sp³-hybridized carbons (Fsp3) is 0.353. The number of rotatable bonds is 4. The number of aryl methyl sites for hydroxylation is 1. The first-order valence-corrected chi connectivity index (χ1v) is 7.27. The molecule has 3 rings (SSSR count). The van der Waals surface area contributed by atoms with Crippen LogP contribution in [0, 0.1) is 5.82 Å². The Balaban J connectivity index is 1.92. The third-order valence-corrected chi connectivity index (χ3v) is 3.85. The lowest BCUT2D eigenvalue weighted by Gasteiger charge is -2.11. The van der Waals surface area contributed by atoms with Crippen molar-refractivity contribution >= 4 is 16.7 Å². The Morgan fingerprint density at radius 1 is 1.43 bits per heavy atom. The van der Waals surface area contributed by atoms with Crippen LogP contribution in [0.5, 0.6) is 5.75 Å². The van der Waals surface area contributed by atoms with Crippen LogP contribution in [0.1, 0.15) is 24.5 Å². The van der Waals surface area contributed by atoms with Gasteiger partial charge >= 0.3 is 0 Å². The molecule has 1 N–H and O–H groups in total. The second-order valence-corrected chi connectivity index (χ2v) is 5.37. The van der Waals surface area contributed by atoms with Crippen molar-refractivity contribution in [3.63, 3.8) is 0 Å². The van der Waals surface area contributed by atoms with E-state index < -0.39 is 0 Å². The van der Waals surface area contributed by atoms with E-state index in [1.807, 2.05) is 12.1 Å².